The van der Waals surface area contributed by atoms with E-state index < -0.39 is 21.7 Å². The summed E-state index contributed by atoms with van der Waals surface area (Å²) in [4.78, 5) is 5.20. The van der Waals surface area contributed by atoms with Crippen molar-refractivity contribution in [1.82, 2.24) is 4.98 Å². The molecule has 174 valence electrons. The molecule has 0 amide bonds. The van der Waals surface area contributed by atoms with Crippen molar-refractivity contribution in [3.8, 4) is 10.4 Å². The molecular formula is C22H19ClF3N3O2S2. The molecule has 0 fully saturated rings. The molecule has 11 heteroatoms. The molecule has 2 aromatic heterocycles. The topological polar surface area (TPSA) is 82.9 Å². The Labute approximate surface area is 198 Å². The number of halogens is 4. The minimum atomic E-state index is -4.81. The van der Waals surface area contributed by atoms with E-state index in [0.29, 0.717) is 37.7 Å². The number of benzene rings is 1. The molecule has 0 saturated heterocycles. The zero-order valence-corrected chi connectivity index (χ0v) is 19.9. The van der Waals surface area contributed by atoms with Crippen molar-refractivity contribution in [2.24, 2.45) is 0 Å². The van der Waals surface area contributed by atoms with Crippen LogP contribution in [0.1, 0.15) is 17.4 Å². The molecule has 0 aliphatic rings. The predicted molar refractivity (Wildman–Crippen MR) is 127 cm³/mol. The lowest BCUT2D eigenvalue weighted by Crippen LogP contribution is -2.20. The Kier molecular flexibility index (Phi) is 7.30. The molecule has 1 aromatic carbocycles. The zero-order valence-electron chi connectivity index (χ0n) is 17.5. The second kappa shape index (κ2) is 9.66. The average Bonchev–Trinajstić information content (AvgIpc) is 3.24. The lowest BCUT2D eigenvalue weighted by Gasteiger charge is -2.13. The maximum Gasteiger partial charge on any atom is 0.432 e. The number of hydrogen-bond donors (Lipinski definition) is 2. The summed E-state index contributed by atoms with van der Waals surface area (Å²) in [6.45, 7) is 3.18. The number of aryl methyl sites for hydroxylation is 1. The fourth-order valence-electron chi connectivity index (χ4n) is 2.90. The number of aromatic nitrogens is 1. The smallest absolute Gasteiger partial charge is 0.353 e. The number of anilines is 1. The largest absolute Gasteiger partial charge is 0.432 e. The van der Waals surface area contributed by atoms with Gasteiger partial charge in [-0.25, -0.2) is 13.4 Å². The summed E-state index contributed by atoms with van der Waals surface area (Å²) in [7, 11) is -3.47. The van der Waals surface area contributed by atoms with Gasteiger partial charge in [-0.05, 0) is 48.9 Å². The number of hydrogen-bond acceptors (Lipinski definition) is 6. The number of thiophene rings is 1. The second-order valence-electron chi connectivity index (χ2n) is 6.99. The van der Waals surface area contributed by atoms with E-state index >= 15 is 0 Å². The number of pyridine rings is 1. The van der Waals surface area contributed by atoms with Crippen LogP contribution in [0.25, 0.3) is 16.1 Å². The van der Waals surface area contributed by atoms with Gasteiger partial charge in [-0.15, -0.1) is 11.3 Å². The quantitative estimate of drug-likeness (QED) is 0.349. The highest BCUT2D eigenvalue weighted by atomic mass is 35.5. The summed E-state index contributed by atoms with van der Waals surface area (Å²) in [6.07, 6.45) is -2.68. The van der Waals surface area contributed by atoms with Crippen molar-refractivity contribution < 1.29 is 21.6 Å². The molecule has 5 nitrogen and oxygen atoms in total. The summed E-state index contributed by atoms with van der Waals surface area (Å²) < 4.78 is 63.4. The van der Waals surface area contributed by atoms with Gasteiger partial charge in [0.2, 0.25) is 0 Å². The van der Waals surface area contributed by atoms with E-state index in [-0.39, 0.29) is 16.5 Å². The molecule has 0 aliphatic heterocycles. The van der Waals surface area contributed by atoms with Gasteiger partial charge in [0.25, 0.3) is 0 Å². The third-order valence-electron chi connectivity index (χ3n) is 4.60. The molecule has 0 radical (unpaired) electrons. The summed E-state index contributed by atoms with van der Waals surface area (Å²) in [6, 6.07) is 11.6. The van der Waals surface area contributed by atoms with Crippen LogP contribution < -0.4 is 5.32 Å². The number of rotatable bonds is 7. The first-order valence-corrected chi connectivity index (χ1v) is 12.5. The fourth-order valence-corrected chi connectivity index (χ4v) is 5.08. The number of para-hydroxylation sites is 1. The number of nitrogens with zero attached hydrogens (tertiary/aromatic N) is 1. The maximum absolute atomic E-state index is 13.0. The van der Waals surface area contributed by atoms with E-state index in [1.54, 1.807) is 49.4 Å². The van der Waals surface area contributed by atoms with Gasteiger partial charge >= 0.3 is 6.18 Å². The molecule has 3 rings (SSSR count). The molecule has 0 bridgehead atoms. The molecule has 2 N–H and O–H groups in total. The van der Waals surface area contributed by atoms with Crippen LogP contribution >= 0.6 is 22.9 Å². The third-order valence-corrected chi connectivity index (χ3v) is 7.87. The minimum absolute atomic E-state index is 0.00475. The Bertz CT molecular complexity index is 1330. The first-order chi connectivity index (χ1) is 15.4. The molecule has 0 aliphatic carbocycles. The third kappa shape index (κ3) is 5.82. The molecule has 0 spiro atoms. The lowest BCUT2D eigenvalue weighted by molar-refractivity contribution is -0.0583. The van der Waals surface area contributed by atoms with Crippen LogP contribution in [0.4, 0.5) is 18.9 Å². The van der Waals surface area contributed by atoms with E-state index in [1.165, 1.54) is 24.5 Å². The Morgan fingerprint density at radius 2 is 1.94 bits per heavy atom. The number of nitrogens with one attached hydrogen (secondary N) is 2. The number of alkyl halides is 3. The molecule has 0 atom stereocenters. The standard InChI is InChI=1S/C22H19ClF3N3O2S2/c1-3-33(30,31)21-13(2)10-14(12-28-21)18-8-9-19(32-18)17(11-20(27)22(24,25)26)29-16-7-5-4-6-15(16)23/h4-12,27,29H,3H2,1-2H3/b17-11-,27-20?. The Hall–Kier alpha value is -2.69. The van der Waals surface area contributed by atoms with Gasteiger partial charge in [0.1, 0.15) is 5.71 Å². The van der Waals surface area contributed by atoms with E-state index in [9.17, 15) is 21.6 Å². The predicted octanol–water partition coefficient (Wildman–Crippen LogP) is 6.60. The van der Waals surface area contributed by atoms with Crippen LogP contribution in [-0.4, -0.2) is 31.0 Å². The van der Waals surface area contributed by atoms with Crippen LogP contribution in [0.5, 0.6) is 0 Å². The number of sulfone groups is 1. The maximum atomic E-state index is 13.0. The van der Waals surface area contributed by atoms with Crippen molar-refractivity contribution in [3.05, 3.63) is 70.2 Å². The van der Waals surface area contributed by atoms with Crippen molar-refractivity contribution in [2.75, 3.05) is 11.1 Å². The summed E-state index contributed by atoms with van der Waals surface area (Å²) in [5, 5.41) is 10.6. The van der Waals surface area contributed by atoms with E-state index in [0.717, 1.165) is 0 Å². The molecule has 2 heterocycles. The van der Waals surface area contributed by atoms with Crippen LogP contribution in [-0.2, 0) is 9.84 Å². The van der Waals surface area contributed by atoms with Gasteiger partial charge in [-0.1, -0.05) is 30.7 Å². The van der Waals surface area contributed by atoms with Gasteiger partial charge in [-0.3, -0.25) is 5.41 Å². The normalized spacial score (nSPS) is 12.6. The monoisotopic (exact) mass is 513 g/mol. The second-order valence-corrected chi connectivity index (χ2v) is 10.7. The first kappa shape index (κ1) is 24.9. The van der Waals surface area contributed by atoms with Gasteiger partial charge in [-0.2, -0.15) is 13.2 Å². The summed E-state index contributed by atoms with van der Waals surface area (Å²) >= 11 is 7.32. The van der Waals surface area contributed by atoms with E-state index in [2.05, 4.69) is 10.3 Å². The van der Waals surface area contributed by atoms with Crippen LogP contribution in [0.2, 0.25) is 5.02 Å². The summed E-state index contributed by atoms with van der Waals surface area (Å²) in [5.41, 5.74) is 0.0343. The van der Waals surface area contributed by atoms with Gasteiger partial charge in [0.15, 0.2) is 14.9 Å². The highest BCUT2D eigenvalue weighted by molar-refractivity contribution is 7.91. The molecular weight excluding hydrogens is 495 g/mol. The first-order valence-electron chi connectivity index (χ1n) is 9.61. The van der Waals surface area contributed by atoms with Gasteiger partial charge in [0, 0.05) is 16.6 Å². The minimum Gasteiger partial charge on any atom is -0.353 e. The van der Waals surface area contributed by atoms with Crippen LogP contribution in [0.15, 0.2) is 59.8 Å². The van der Waals surface area contributed by atoms with Crippen molar-refractivity contribution >= 4 is 49.9 Å². The highest BCUT2D eigenvalue weighted by Gasteiger charge is 2.33. The number of allylic oxidation sites excluding steroid dienone is 1. The Balaban J connectivity index is 2.02. The Morgan fingerprint density at radius 3 is 2.55 bits per heavy atom. The van der Waals surface area contributed by atoms with Gasteiger partial charge in [0.05, 0.1) is 27.0 Å². The van der Waals surface area contributed by atoms with Crippen molar-refractivity contribution in [3.63, 3.8) is 0 Å². The molecule has 3 aromatic rings. The lowest BCUT2D eigenvalue weighted by atomic mass is 10.2. The highest BCUT2D eigenvalue weighted by Crippen LogP contribution is 2.35. The zero-order chi connectivity index (χ0) is 24.4. The van der Waals surface area contributed by atoms with E-state index in [1.807, 2.05) is 0 Å². The average molecular weight is 514 g/mol. The molecule has 0 unspecified atom stereocenters. The van der Waals surface area contributed by atoms with Crippen LogP contribution in [0.3, 0.4) is 0 Å². The van der Waals surface area contributed by atoms with Crippen molar-refractivity contribution in [1.29, 1.82) is 5.41 Å². The molecule has 33 heavy (non-hydrogen) atoms. The SMILES string of the molecule is CCS(=O)(=O)c1ncc(-c2ccc(/C(=C/C(=N)C(F)(F)F)Nc3ccccc3Cl)s2)cc1C. The van der Waals surface area contributed by atoms with E-state index in [4.69, 9.17) is 17.0 Å². The fraction of sp³-hybridized carbons (Fsp3) is 0.182. The van der Waals surface area contributed by atoms with Crippen LogP contribution in [0, 0.1) is 12.3 Å². The Morgan fingerprint density at radius 1 is 1.24 bits per heavy atom. The molecule has 0 saturated carbocycles. The summed E-state index contributed by atoms with van der Waals surface area (Å²) in [5.74, 6) is -0.0730. The van der Waals surface area contributed by atoms with Gasteiger partial charge < -0.3 is 5.32 Å². The van der Waals surface area contributed by atoms with Crippen molar-refractivity contribution in [2.45, 2.75) is 25.0 Å².